The third-order valence-corrected chi connectivity index (χ3v) is 4.84. The summed E-state index contributed by atoms with van der Waals surface area (Å²) in [6.45, 7) is 3.23. The summed E-state index contributed by atoms with van der Waals surface area (Å²) in [5.41, 5.74) is 2.61. The van der Waals surface area contributed by atoms with Crippen molar-refractivity contribution in [2.45, 2.75) is 57.9 Å². The van der Waals surface area contributed by atoms with E-state index in [0.29, 0.717) is 6.04 Å². The van der Waals surface area contributed by atoms with Crippen LogP contribution in [-0.4, -0.2) is 12.6 Å². The minimum Gasteiger partial charge on any atom is -0.310 e. The van der Waals surface area contributed by atoms with Gasteiger partial charge in [-0.15, -0.1) is 0 Å². The van der Waals surface area contributed by atoms with Crippen molar-refractivity contribution in [3.63, 3.8) is 0 Å². The molecular weight excluding hydrogens is 301 g/mol. The van der Waals surface area contributed by atoms with Crippen molar-refractivity contribution >= 4 is 23.2 Å². The Labute approximate surface area is 138 Å². The van der Waals surface area contributed by atoms with Gasteiger partial charge in [0.05, 0.1) is 0 Å². The largest absolute Gasteiger partial charge is 0.310 e. The molecule has 1 aliphatic rings. The Balaban J connectivity index is 2.17. The maximum atomic E-state index is 6.35. The second-order valence-electron chi connectivity index (χ2n) is 5.79. The molecule has 0 fully saturated rings. The van der Waals surface area contributed by atoms with Crippen LogP contribution in [0.25, 0.3) is 0 Å². The van der Waals surface area contributed by atoms with Gasteiger partial charge < -0.3 is 5.32 Å². The number of nitrogens with one attached hydrogen (secondary N) is 1. The highest BCUT2D eigenvalue weighted by atomic mass is 35.5. The fourth-order valence-corrected chi connectivity index (χ4v) is 3.49. The zero-order valence-electron chi connectivity index (χ0n) is 12.8. The normalized spacial score (nSPS) is 17.2. The first-order valence-electron chi connectivity index (χ1n) is 8.07. The molecule has 0 heterocycles. The smallest absolute Gasteiger partial charge is 0.0453 e. The van der Waals surface area contributed by atoms with E-state index in [-0.39, 0.29) is 0 Å². The van der Waals surface area contributed by atoms with Crippen molar-refractivity contribution in [3.8, 4) is 0 Å². The van der Waals surface area contributed by atoms with E-state index in [2.05, 4.69) is 18.3 Å². The minimum absolute atomic E-state index is 0.362. The van der Waals surface area contributed by atoms with Gasteiger partial charge in [0.1, 0.15) is 0 Å². The van der Waals surface area contributed by atoms with Crippen LogP contribution in [0.2, 0.25) is 10.0 Å². The Morgan fingerprint density at radius 3 is 2.62 bits per heavy atom. The van der Waals surface area contributed by atoms with Crippen molar-refractivity contribution in [1.29, 1.82) is 0 Å². The summed E-state index contributed by atoms with van der Waals surface area (Å²) in [6, 6.07) is 6.14. The van der Waals surface area contributed by atoms with Gasteiger partial charge in [-0.25, -0.2) is 0 Å². The zero-order chi connectivity index (χ0) is 15.1. The molecule has 2 rings (SSSR count). The molecule has 1 unspecified atom stereocenters. The quantitative estimate of drug-likeness (QED) is 0.652. The molecular formula is C18H25Cl2N. The predicted octanol–water partition coefficient (Wildman–Crippen LogP) is 5.79. The molecule has 21 heavy (non-hydrogen) atoms. The number of rotatable bonds is 6. The SMILES string of the molecule is CCCNC(Cc1c(Cl)cccc1Cl)C1=CCCCCC1. The van der Waals surface area contributed by atoms with Crippen LogP contribution in [0.5, 0.6) is 0 Å². The average Bonchev–Trinajstić information content (AvgIpc) is 2.75. The molecule has 1 aliphatic carbocycles. The summed E-state index contributed by atoms with van der Waals surface area (Å²) in [7, 11) is 0. The fraction of sp³-hybridized carbons (Fsp3) is 0.556. The highest BCUT2D eigenvalue weighted by molar-refractivity contribution is 6.36. The van der Waals surface area contributed by atoms with Gasteiger partial charge in [-0.2, -0.15) is 0 Å². The molecule has 0 saturated heterocycles. The second kappa shape index (κ2) is 8.82. The van der Waals surface area contributed by atoms with Gasteiger partial charge in [0.25, 0.3) is 0 Å². The first kappa shape index (κ1) is 16.9. The van der Waals surface area contributed by atoms with Gasteiger partial charge in [0.2, 0.25) is 0 Å². The van der Waals surface area contributed by atoms with E-state index in [1.807, 2.05) is 18.2 Å². The summed E-state index contributed by atoms with van der Waals surface area (Å²) in [5.74, 6) is 0. The average molecular weight is 326 g/mol. The molecule has 3 heteroatoms. The Morgan fingerprint density at radius 2 is 1.90 bits per heavy atom. The minimum atomic E-state index is 0.362. The molecule has 1 nitrogen and oxygen atoms in total. The van der Waals surface area contributed by atoms with E-state index < -0.39 is 0 Å². The standard InChI is InChI=1S/C18H25Cl2N/c1-2-12-21-18(14-8-5-3-4-6-9-14)13-15-16(19)10-7-11-17(15)20/h7-8,10-11,18,21H,2-6,9,12-13H2,1H3. The maximum absolute atomic E-state index is 6.35. The molecule has 116 valence electrons. The predicted molar refractivity (Wildman–Crippen MR) is 93.4 cm³/mol. The third-order valence-electron chi connectivity index (χ3n) is 4.13. The lowest BCUT2D eigenvalue weighted by molar-refractivity contribution is 0.543. The summed E-state index contributed by atoms with van der Waals surface area (Å²) >= 11 is 12.7. The van der Waals surface area contributed by atoms with Crippen LogP contribution in [0.4, 0.5) is 0 Å². The topological polar surface area (TPSA) is 12.0 Å². The van der Waals surface area contributed by atoms with E-state index in [4.69, 9.17) is 23.2 Å². The molecule has 0 bridgehead atoms. The van der Waals surface area contributed by atoms with Gasteiger partial charge in [-0.05, 0) is 62.8 Å². The fourth-order valence-electron chi connectivity index (χ4n) is 2.94. The van der Waals surface area contributed by atoms with Gasteiger partial charge in [-0.1, -0.05) is 54.3 Å². The van der Waals surface area contributed by atoms with Gasteiger partial charge in [0.15, 0.2) is 0 Å². The van der Waals surface area contributed by atoms with Gasteiger partial charge >= 0.3 is 0 Å². The van der Waals surface area contributed by atoms with E-state index in [0.717, 1.165) is 35.0 Å². The summed E-state index contributed by atoms with van der Waals surface area (Å²) in [5, 5.41) is 5.24. The van der Waals surface area contributed by atoms with Crippen molar-refractivity contribution in [3.05, 3.63) is 45.5 Å². The van der Waals surface area contributed by atoms with Crippen LogP contribution in [0.1, 0.15) is 51.0 Å². The summed E-state index contributed by atoms with van der Waals surface area (Å²) in [6.07, 6.45) is 10.8. The second-order valence-corrected chi connectivity index (χ2v) is 6.60. The molecule has 0 saturated carbocycles. The van der Waals surface area contributed by atoms with Gasteiger partial charge in [0, 0.05) is 16.1 Å². The highest BCUT2D eigenvalue weighted by Crippen LogP contribution is 2.29. The molecule has 1 atom stereocenters. The number of halogens is 2. The molecule has 1 N–H and O–H groups in total. The van der Waals surface area contributed by atoms with Crippen LogP contribution >= 0.6 is 23.2 Å². The number of allylic oxidation sites excluding steroid dienone is 1. The lowest BCUT2D eigenvalue weighted by Gasteiger charge is -2.23. The van der Waals surface area contributed by atoms with Crippen LogP contribution < -0.4 is 5.32 Å². The zero-order valence-corrected chi connectivity index (χ0v) is 14.3. The summed E-state index contributed by atoms with van der Waals surface area (Å²) in [4.78, 5) is 0. The molecule has 0 aliphatic heterocycles. The van der Waals surface area contributed by atoms with Crippen LogP contribution in [-0.2, 0) is 6.42 Å². The lowest BCUT2D eigenvalue weighted by atomic mass is 9.95. The molecule has 1 aromatic carbocycles. The molecule has 1 aromatic rings. The first-order chi connectivity index (χ1) is 10.2. The first-order valence-corrected chi connectivity index (χ1v) is 8.83. The number of hydrogen-bond acceptors (Lipinski definition) is 1. The Bertz CT molecular complexity index is 462. The number of hydrogen-bond donors (Lipinski definition) is 1. The lowest BCUT2D eigenvalue weighted by Crippen LogP contribution is -2.34. The van der Waals surface area contributed by atoms with Crippen LogP contribution in [0.15, 0.2) is 29.8 Å². The van der Waals surface area contributed by atoms with Crippen LogP contribution in [0, 0.1) is 0 Å². The van der Waals surface area contributed by atoms with Crippen molar-refractivity contribution in [2.75, 3.05) is 6.54 Å². The maximum Gasteiger partial charge on any atom is 0.0453 e. The number of benzene rings is 1. The van der Waals surface area contributed by atoms with Crippen molar-refractivity contribution < 1.29 is 0 Å². The monoisotopic (exact) mass is 325 g/mol. The third kappa shape index (κ3) is 5.02. The van der Waals surface area contributed by atoms with Crippen molar-refractivity contribution in [1.82, 2.24) is 5.32 Å². The van der Waals surface area contributed by atoms with E-state index >= 15 is 0 Å². The van der Waals surface area contributed by atoms with E-state index in [1.54, 1.807) is 0 Å². The Hall–Kier alpha value is -0.500. The van der Waals surface area contributed by atoms with E-state index in [9.17, 15) is 0 Å². The Kier molecular flexibility index (Phi) is 7.09. The van der Waals surface area contributed by atoms with Gasteiger partial charge in [-0.3, -0.25) is 0 Å². The highest BCUT2D eigenvalue weighted by Gasteiger charge is 2.18. The van der Waals surface area contributed by atoms with Crippen molar-refractivity contribution in [2.24, 2.45) is 0 Å². The molecule has 0 aromatic heterocycles. The molecule has 0 amide bonds. The Morgan fingerprint density at radius 1 is 1.14 bits per heavy atom. The van der Waals surface area contributed by atoms with Crippen LogP contribution in [0.3, 0.4) is 0 Å². The summed E-state index contributed by atoms with van der Waals surface area (Å²) < 4.78 is 0. The molecule has 0 radical (unpaired) electrons. The van der Waals surface area contributed by atoms with E-state index in [1.165, 1.54) is 37.7 Å². The molecule has 0 spiro atoms.